The quantitative estimate of drug-likeness (QED) is 0.158. The lowest BCUT2D eigenvalue weighted by atomic mass is 9.90. The Bertz CT molecular complexity index is 1860. The van der Waals surface area contributed by atoms with Crippen molar-refractivity contribution in [3.8, 4) is 5.75 Å². The summed E-state index contributed by atoms with van der Waals surface area (Å²) in [6.07, 6.45) is 5.68. The van der Waals surface area contributed by atoms with E-state index < -0.39 is 5.82 Å². The van der Waals surface area contributed by atoms with E-state index >= 15 is 0 Å². The van der Waals surface area contributed by atoms with E-state index in [2.05, 4.69) is 47.9 Å². The van der Waals surface area contributed by atoms with Gasteiger partial charge in [-0.05, 0) is 41.8 Å². The standard InChI is InChI=1S/C35H35ClFN7O4/c1-48-31-19-29-26(34(39-21-38-29)40-24-8-10-28(37)27(36)17-24)18-30(31)41-32(45)3-2-12-43-13-15-44(16-14-43)20-22-4-6-23(7-5-22)25-9-11-33(46)42-35(25)47/h2-8,10,17-19,21,25H,9,11-16,20H2,1H3,(H,41,45)(H,38,39,40)(H,42,46,47)/b3-2+. The molecule has 3 amide bonds. The normalized spacial score (nSPS) is 17.4. The molecule has 2 aliphatic heterocycles. The van der Waals surface area contributed by atoms with Crippen LogP contribution in [0.3, 0.4) is 0 Å². The molecule has 3 N–H and O–H groups in total. The van der Waals surface area contributed by atoms with E-state index in [9.17, 15) is 18.8 Å². The molecular weight excluding hydrogens is 637 g/mol. The zero-order chi connectivity index (χ0) is 33.6. The Labute approximate surface area is 282 Å². The summed E-state index contributed by atoms with van der Waals surface area (Å²) in [4.78, 5) is 49.9. The van der Waals surface area contributed by atoms with Crippen molar-refractivity contribution < 1.29 is 23.5 Å². The number of hydrogen-bond donors (Lipinski definition) is 3. The minimum Gasteiger partial charge on any atom is -0.494 e. The summed E-state index contributed by atoms with van der Waals surface area (Å²) >= 11 is 5.94. The van der Waals surface area contributed by atoms with Gasteiger partial charge in [0.2, 0.25) is 17.7 Å². The SMILES string of the molecule is COc1cc2ncnc(Nc3ccc(F)c(Cl)c3)c2cc1NC(=O)/C=C/CN1CCN(Cc2ccc(C3CCC(=O)NC3=O)cc2)CC1. The number of anilines is 3. The van der Waals surface area contributed by atoms with Crippen molar-refractivity contribution in [3.63, 3.8) is 0 Å². The monoisotopic (exact) mass is 671 g/mol. The van der Waals surface area contributed by atoms with Crippen LogP contribution in [-0.2, 0) is 20.9 Å². The number of piperidine rings is 1. The third-order valence-corrected chi connectivity index (χ3v) is 8.81. The number of rotatable bonds is 10. The number of methoxy groups -OCH3 is 1. The van der Waals surface area contributed by atoms with E-state index in [1.54, 1.807) is 18.2 Å². The predicted octanol–water partition coefficient (Wildman–Crippen LogP) is 5.01. The Balaban J connectivity index is 1.00. The fraction of sp³-hybridized carbons (Fsp3) is 0.286. The van der Waals surface area contributed by atoms with Crippen LogP contribution in [-0.4, -0.2) is 77.3 Å². The molecule has 1 unspecified atom stereocenters. The number of ether oxygens (including phenoxy) is 1. The van der Waals surface area contributed by atoms with Crippen LogP contribution in [0.2, 0.25) is 5.02 Å². The smallest absolute Gasteiger partial charge is 0.248 e. The predicted molar refractivity (Wildman–Crippen MR) is 182 cm³/mol. The maximum Gasteiger partial charge on any atom is 0.248 e. The number of carbonyl (C=O) groups excluding carboxylic acids is 3. The highest BCUT2D eigenvalue weighted by Crippen LogP contribution is 2.33. The molecule has 3 aromatic carbocycles. The van der Waals surface area contributed by atoms with Gasteiger partial charge in [-0.2, -0.15) is 0 Å². The summed E-state index contributed by atoms with van der Waals surface area (Å²) in [5.41, 5.74) is 3.71. The van der Waals surface area contributed by atoms with Gasteiger partial charge >= 0.3 is 0 Å². The molecule has 6 rings (SSSR count). The number of carbonyl (C=O) groups is 3. The largest absolute Gasteiger partial charge is 0.494 e. The van der Waals surface area contributed by atoms with Crippen molar-refractivity contribution in [2.45, 2.75) is 25.3 Å². The van der Waals surface area contributed by atoms with Gasteiger partial charge in [0.05, 0.1) is 29.3 Å². The van der Waals surface area contributed by atoms with Crippen LogP contribution in [0.4, 0.5) is 21.6 Å². The number of piperazine rings is 1. The zero-order valence-electron chi connectivity index (χ0n) is 26.3. The van der Waals surface area contributed by atoms with Gasteiger partial charge in [-0.15, -0.1) is 0 Å². The summed E-state index contributed by atoms with van der Waals surface area (Å²) in [5.74, 6) is -0.619. The minimum absolute atomic E-state index is 0.0164. The molecule has 0 aliphatic carbocycles. The third kappa shape index (κ3) is 7.96. The van der Waals surface area contributed by atoms with Crippen molar-refractivity contribution in [2.24, 2.45) is 0 Å². The fourth-order valence-corrected chi connectivity index (χ4v) is 6.08. The van der Waals surface area contributed by atoms with E-state index in [0.717, 1.165) is 38.3 Å². The van der Waals surface area contributed by atoms with E-state index in [4.69, 9.17) is 16.3 Å². The molecule has 1 atom stereocenters. The van der Waals surface area contributed by atoms with Gasteiger partial charge in [-0.3, -0.25) is 29.5 Å². The number of halogens is 2. The summed E-state index contributed by atoms with van der Waals surface area (Å²) in [5, 5.41) is 9.06. The Kier molecular flexibility index (Phi) is 10.2. The van der Waals surface area contributed by atoms with Crippen LogP contribution < -0.4 is 20.7 Å². The van der Waals surface area contributed by atoms with E-state index in [1.165, 1.54) is 37.2 Å². The van der Waals surface area contributed by atoms with Crippen LogP contribution in [0.25, 0.3) is 10.9 Å². The maximum absolute atomic E-state index is 13.6. The lowest BCUT2D eigenvalue weighted by molar-refractivity contribution is -0.134. The Morgan fingerprint density at radius 3 is 2.56 bits per heavy atom. The second-order valence-corrected chi connectivity index (χ2v) is 12.2. The first-order chi connectivity index (χ1) is 23.2. The highest BCUT2D eigenvalue weighted by Gasteiger charge is 2.28. The molecular formula is C35H35ClFN7O4. The average molecular weight is 672 g/mol. The lowest BCUT2D eigenvalue weighted by Crippen LogP contribution is -2.45. The van der Waals surface area contributed by atoms with Crippen molar-refractivity contribution in [1.82, 2.24) is 25.1 Å². The van der Waals surface area contributed by atoms with Crippen molar-refractivity contribution in [2.75, 3.05) is 50.5 Å². The van der Waals surface area contributed by atoms with Gasteiger partial charge in [-0.1, -0.05) is 41.9 Å². The molecule has 1 aromatic heterocycles. The van der Waals surface area contributed by atoms with E-state index in [0.29, 0.717) is 53.2 Å². The number of amides is 3. The molecule has 13 heteroatoms. The van der Waals surface area contributed by atoms with Crippen LogP contribution in [0.1, 0.15) is 29.9 Å². The third-order valence-electron chi connectivity index (χ3n) is 8.52. The number of hydrogen-bond acceptors (Lipinski definition) is 9. The van der Waals surface area contributed by atoms with Crippen molar-refractivity contribution in [3.05, 3.63) is 95.0 Å². The number of imide groups is 1. The molecule has 2 aliphatic rings. The Hall–Kier alpha value is -4.91. The summed E-state index contributed by atoms with van der Waals surface area (Å²) in [6, 6.07) is 15.8. The Morgan fingerprint density at radius 2 is 1.83 bits per heavy atom. The Morgan fingerprint density at radius 1 is 1.06 bits per heavy atom. The maximum atomic E-state index is 13.6. The van der Waals surface area contributed by atoms with Gasteiger partial charge < -0.3 is 15.4 Å². The van der Waals surface area contributed by atoms with Crippen LogP contribution >= 0.6 is 11.6 Å². The van der Waals surface area contributed by atoms with Gasteiger partial charge in [0.25, 0.3) is 0 Å². The number of fused-ring (bicyclic) bond motifs is 1. The van der Waals surface area contributed by atoms with Crippen LogP contribution in [0, 0.1) is 5.82 Å². The van der Waals surface area contributed by atoms with Gasteiger partial charge in [0.1, 0.15) is 23.7 Å². The molecule has 0 radical (unpaired) electrons. The zero-order valence-corrected chi connectivity index (χ0v) is 27.1. The molecule has 4 aromatic rings. The number of benzene rings is 3. The van der Waals surface area contributed by atoms with Crippen LogP contribution in [0.15, 0.2) is 73.1 Å². The summed E-state index contributed by atoms with van der Waals surface area (Å²) < 4.78 is 19.2. The highest BCUT2D eigenvalue weighted by molar-refractivity contribution is 6.31. The number of aromatic nitrogens is 2. The van der Waals surface area contributed by atoms with E-state index in [-0.39, 0.29) is 28.7 Å². The average Bonchev–Trinajstić information content (AvgIpc) is 3.08. The molecule has 0 saturated carbocycles. The molecule has 2 saturated heterocycles. The molecule has 48 heavy (non-hydrogen) atoms. The fourth-order valence-electron chi connectivity index (χ4n) is 5.90. The molecule has 0 spiro atoms. The van der Waals surface area contributed by atoms with Gasteiger partial charge in [-0.25, -0.2) is 14.4 Å². The highest BCUT2D eigenvalue weighted by atomic mass is 35.5. The van der Waals surface area contributed by atoms with E-state index in [1.807, 2.05) is 18.2 Å². The van der Waals surface area contributed by atoms with Gasteiger partial charge in [0, 0.05) is 68.9 Å². The van der Waals surface area contributed by atoms with Crippen molar-refractivity contribution in [1.29, 1.82) is 0 Å². The molecule has 0 bridgehead atoms. The first kappa shape index (κ1) is 33.0. The number of nitrogens with one attached hydrogen (secondary N) is 3. The molecule has 11 nitrogen and oxygen atoms in total. The first-order valence-electron chi connectivity index (χ1n) is 15.7. The minimum atomic E-state index is -0.521. The summed E-state index contributed by atoms with van der Waals surface area (Å²) in [6.45, 7) is 4.98. The molecule has 248 valence electrons. The number of nitrogens with zero attached hydrogens (tertiary/aromatic N) is 4. The second kappa shape index (κ2) is 14.9. The second-order valence-electron chi connectivity index (χ2n) is 11.8. The topological polar surface area (TPSA) is 129 Å². The van der Waals surface area contributed by atoms with Crippen molar-refractivity contribution >= 4 is 57.4 Å². The molecule has 2 fully saturated rings. The molecule has 3 heterocycles. The van der Waals surface area contributed by atoms with Crippen LogP contribution in [0.5, 0.6) is 5.75 Å². The lowest BCUT2D eigenvalue weighted by Gasteiger charge is -2.34. The first-order valence-corrected chi connectivity index (χ1v) is 16.0. The summed E-state index contributed by atoms with van der Waals surface area (Å²) in [7, 11) is 1.52. The van der Waals surface area contributed by atoms with Gasteiger partial charge in [0.15, 0.2) is 0 Å².